The summed E-state index contributed by atoms with van der Waals surface area (Å²) in [7, 11) is 0. The number of nitrogens with zero attached hydrogens (tertiary/aromatic N) is 3. The van der Waals surface area contributed by atoms with Crippen molar-refractivity contribution in [3.05, 3.63) is 66.2 Å². The van der Waals surface area contributed by atoms with Gasteiger partial charge in [0.2, 0.25) is 0 Å². The third-order valence-corrected chi connectivity index (χ3v) is 6.09. The van der Waals surface area contributed by atoms with E-state index in [2.05, 4.69) is 69.9 Å². The Hall–Kier alpha value is -2.41. The van der Waals surface area contributed by atoms with Crippen molar-refractivity contribution in [1.82, 2.24) is 15.4 Å². The molecule has 0 radical (unpaired) electrons. The van der Waals surface area contributed by atoms with Crippen LogP contribution in [0.3, 0.4) is 0 Å². The van der Waals surface area contributed by atoms with Gasteiger partial charge in [0.25, 0.3) is 0 Å². The zero-order valence-corrected chi connectivity index (χ0v) is 17.0. The van der Waals surface area contributed by atoms with E-state index in [1.165, 1.54) is 24.1 Å². The summed E-state index contributed by atoms with van der Waals surface area (Å²) in [5, 5.41) is 10.8. The Labute approximate surface area is 173 Å². The van der Waals surface area contributed by atoms with E-state index in [-0.39, 0.29) is 6.04 Å². The molecule has 1 unspecified atom stereocenters. The molecule has 4 rings (SSSR count). The molecule has 0 bridgehead atoms. The number of piperazine rings is 1. The first-order valence-corrected chi connectivity index (χ1v) is 10.7. The van der Waals surface area contributed by atoms with Gasteiger partial charge in [0.05, 0.1) is 6.04 Å². The number of hydrogen-bond acceptors (Lipinski definition) is 5. The molecule has 1 atom stereocenters. The predicted octanol–water partition coefficient (Wildman–Crippen LogP) is 2.49. The van der Waals surface area contributed by atoms with Crippen molar-refractivity contribution in [2.75, 3.05) is 37.6 Å². The van der Waals surface area contributed by atoms with Crippen LogP contribution in [-0.4, -0.2) is 54.5 Å². The monoisotopic (exact) mass is 392 g/mol. The average molecular weight is 393 g/mol. The van der Waals surface area contributed by atoms with Gasteiger partial charge < -0.3 is 4.90 Å². The van der Waals surface area contributed by atoms with E-state index in [0.717, 1.165) is 32.6 Å². The molecule has 0 amide bonds. The molecule has 0 spiro atoms. The molecule has 6 heteroatoms. The molecule has 1 saturated carbocycles. The average Bonchev–Trinajstić information content (AvgIpc) is 3.61. The highest BCUT2D eigenvalue weighted by molar-refractivity contribution is 5.85. The van der Waals surface area contributed by atoms with E-state index >= 15 is 0 Å². The first-order chi connectivity index (χ1) is 14.3. The molecule has 29 heavy (non-hydrogen) atoms. The summed E-state index contributed by atoms with van der Waals surface area (Å²) in [6, 6.07) is 21.2. The Morgan fingerprint density at radius 1 is 1.00 bits per heavy atom. The van der Waals surface area contributed by atoms with Gasteiger partial charge >= 0.3 is 0 Å². The maximum atomic E-state index is 8.92. The second-order valence-corrected chi connectivity index (χ2v) is 8.04. The van der Waals surface area contributed by atoms with Crippen LogP contribution < -0.4 is 16.3 Å². The summed E-state index contributed by atoms with van der Waals surface area (Å²) < 4.78 is 0. The zero-order chi connectivity index (χ0) is 20.1. The fraction of sp³-hybridized carbons (Fsp3) is 0.435. The summed E-state index contributed by atoms with van der Waals surface area (Å²) in [4.78, 5) is 4.94. The highest BCUT2D eigenvalue weighted by Crippen LogP contribution is 2.37. The summed E-state index contributed by atoms with van der Waals surface area (Å²) in [6.07, 6.45) is 3.29. The number of para-hydroxylation sites is 1. The molecule has 1 aliphatic carbocycles. The van der Waals surface area contributed by atoms with Crippen LogP contribution in [0.2, 0.25) is 0 Å². The van der Waals surface area contributed by atoms with Crippen molar-refractivity contribution >= 4 is 11.5 Å². The minimum absolute atomic E-state index is 0.153. The molecule has 2 aromatic rings. The normalized spacial score (nSPS) is 18.4. The smallest absolute Gasteiger partial charge is 0.129 e. The molecule has 1 saturated heterocycles. The van der Waals surface area contributed by atoms with Crippen LogP contribution >= 0.6 is 0 Å². The molecule has 154 valence electrons. The standard InChI is InChI=1S/C23H32N6/c24-23(29(26-25)14-13-19-7-3-1-4-8-19)22(20-11-12-20)28-17-15-27(16-18-28)21-9-5-2-6-10-21/h1-10,20,22,24,26H,11-18,25H2. The lowest BCUT2D eigenvalue weighted by Crippen LogP contribution is -2.59. The van der Waals surface area contributed by atoms with Crippen molar-refractivity contribution in [3.63, 3.8) is 0 Å². The van der Waals surface area contributed by atoms with Crippen LogP contribution in [0.25, 0.3) is 0 Å². The number of rotatable bonds is 8. The number of hydrazine groups is 2. The lowest BCUT2D eigenvalue weighted by atomic mass is 10.1. The Morgan fingerprint density at radius 3 is 2.21 bits per heavy atom. The summed E-state index contributed by atoms with van der Waals surface area (Å²) >= 11 is 0. The molecule has 2 aromatic carbocycles. The van der Waals surface area contributed by atoms with Gasteiger partial charge in [-0.15, -0.1) is 0 Å². The summed E-state index contributed by atoms with van der Waals surface area (Å²) in [6.45, 7) is 4.67. The highest BCUT2D eigenvalue weighted by Gasteiger charge is 2.40. The van der Waals surface area contributed by atoms with Gasteiger partial charge in [0.1, 0.15) is 5.84 Å². The lowest BCUT2D eigenvalue weighted by molar-refractivity contribution is 0.185. The molecular weight excluding hydrogens is 360 g/mol. The van der Waals surface area contributed by atoms with Crippen LogP contribution in [0.1, 0.15) is 18.4 Å². The van der Waals surface area contributed by atoms with Gasteiger partial charge in [0.15, 0.2) is 0 Å². The highest BCUT2D eigenvalue weighted by atomic mass is 15.6. The van der Waals surface area contributed by atoms with Gasteiger partial charge in [-0.3, -0.25) is 21.2 Å². The topological polar surface area (TPSA) is 71.6 Å². The lowest BCUT2D eigenvalue weighted by Gasteiger charge is -2.42. The van der Waals surface area contributed by atoms with Gasteiger partial charge in [-0.1, -0.05) is 48.5 Å². The number of benzene rings is 2. The Balaban J connectivity index is 1.37. The van der Waals surface area contributed by atoms with Crippen molar-refractivity contribution in [2.24, 2.45) is 11.8 Å². The van der Waals surface area contributed by atoms with Gasteiger partial charge in [0, 0.05) is 38.4 Å². The number of amidine groups is 1. The van der Waals surface area contributed by atoms with Gasteiger partial charge in [-0.05, 0) is 42.9 Å². The zero-order valence-electron chi connectivity index (χ0n) is 17.0. The largest absolute Gasteiger partial charge is 0.369 e. The number of hydrogen-bond donors (Lipinski definition) is 3. The number of nitrogens with one attached hydrogen (secondary N) is 2. The second kappa shape index (κ2) is 9.39. The van der Waals surface area contributed by atoms with Crippen molar-refractivity contribution in [3.8, 4) is 0 Å². The molecular formula is C23H32N6. The van der Waals surface area contributed by atoms with Crippen LogP contribution in [0.15, 0.2) is 60.7 Å². The van der Waals surface area contributed by atoms with Crippen molar-refractivity contribution in [1.29, 1.82) is 5.41 Å². The molecule has 6 nitrogen and oxygen atoms in total. The van der Waals surface area contributed by atoms with E-state index in [1.807, 2.05) is 11.1 Å². The van der Waals surface area contributed by atoms with E-state index in [0.29, 0.717) is 18.3 Å². The van der Waals surface area contributed by atoms with Crippen LogP contribution in [-0.2, 0) is 6.42 Å². The molecule has 2 fully saturated rings. The second-order valence-electron chi connectivity index (χ2n) is 8.04. The van der Waals surface area contributed by atoms with E-state index in [9.17, 15) is 0 Å². The maximum Gasteiger partial charge on any atom is 0.129 e. The Kier molecular flexibility index (Phi) is 6.44. The van der Waals surface area contributed by atoms with E-state index in [1.54, 1.807) is 0 Å². The van der Waals surface area contributed by atoms with Gasteiger partial charge in [-0.2, -0.15) is 5.53 Å². The first-order valence-electron chi connectivity index (χ1n) is 10.7. The minimum Gasteiger partial charge on any atom is -0.369 e. The minimum atomic E-state index is 0.153. The van der Waals surface area contributed by atoms with Crippen LogP contribution in [0.4, 0.5) is 5.69 Å². The van der Waals surface area contributed by atoms with Crippen LogP contribution in [0.5, 0.6) is 0 Å². The SMILES string of the molecule is N=C(C(C1CC1)N1CCN(c2ccccc2)CC1)N(CCc1ccccc1)NN. The van der Waals surface area contributed by atoms with E-state index < -0.39 is 0 Å². The maximum absolute atomic E-state index is 8.92. The summed E-state index contributed by atoms with van der Waals surface area (Å²) in [5.41, 5.74) is 5.33. The molecule has 0 aromatic heterocycles. The molecule has 4 N–H and O–H groups in total. The predicted molar refractivity (Wildman–Crippen MR) is 119 cm³/mol. The van der Waals surface area contributed by atoms with Crippen molar-refractivity contribution in [2.45, 2.75) is 25.3 Å². The molecule has 1 heterocycles. The summed E-state index contributed by atoms with van der Waals surface area (Å²) in [5.74, 6) is 7.02. The number of nitrogens with two attached hydrogens (primary N) is 1. The Bertz CT molecular complexity index is 768. The fourth-order valence-corrected chi connectivity index (χ4v) is 4.30. The van der Waals surface area contributed by atoms with Gasteiger partial charge in [-0.25, -0.2) is 0 Å². The molecule has 2 aliphatic rings. The van der Waals surface area contributed by atoms with Crippen molar-refractivity contribution < 1.29 is 0 Å². The third-order valence-electron chi connectivity index (χ3n) is 6.09. The first kappa shape index (κ1) is 19.9. The third kappa shape index (κ3) is 4.96. The number of anilines is 1. The quantitative estimate of drug-likeness (QED) is 0.279. The molecule has 1 aliphatic heterocycles. The fourth-order valence-electron chi connectivity index (χ4n) is 4.30. The Morgan fingerprint density at radius 2 is 1.62 bits per heavy atom. The van der Waals surface area contributed by atoms with Crippen LogP contribution in [0, 0.1) is 11.3 Å². The van der Waals surface area contributed by atoms with E-state index in [4.69, 9.17) is 11.3 Å².